The Bertz CT molecular complexity index is 773. The number of H-pyrrole nitrogens is 1. The van der Waals surface area contributed by atoms with E-state index in [0.29, 0.717) is 5.56 Å². The number of aromatic hydroxyl groups is 1. The minimum atomic E-state index is -0.564. The number of aromatic amines is 1. The van der Waals surface area contributed by atoms with E-state index < -0.39 is 10.5 Å². The van der Waals surface area contributed by atoms with Crippen molar-refractivity contribution in [2.75, 3.05) is 5.43 Å². The lowest BCUT2D eigenvalue weighted by Gasteiger charge is -2.00. The number of phenols is 1. The lowest BCUT2D eigenvalue weighted by atomic mass is 10.2. The highest BCUT2D eigenvalue weighted by atomic mass is 35.5. The first-order chi connectivity index (χ1) is 9.99. The van der Waals surface area contributed by atoms with Gasteiger partial charge in [-0.05, 0) is 12.1 Å². The summed E-state index contributed by atoms with van der Waals surface area (Å²) in [5.41, 5.74) is 2.23. The fraction of sp³-hybridized carbons (Fsp3) is 0. The quantitative estimate of drug-likeness (QED) is 0.498. The van der Waals surface area contributed by atoms with E-state index in [2.05, 4.69) is 20.7 Å². The molecule has 4 N–H and O–H groups in total. The molecule has 1 heterocycles. The van der Waals surface area contributed by atoms with Gasteiger partial charge < -0.3 is 5.11 Å². The monoisotopic (exact) mass is 310 g/mol. The van der Waals surface area contributed by atoms with Gasteiger partial charge in [0.2, 0.25) is 0 Å². The Morgan fingerprint density at radius 2 is 2.24 bits per heavy atom. The maximum absolute atomic E-state index is 11.2. The lowest BCUT2D eigenvalue weighted by Crippen LogP contribution is -2.10. The average Bonchev–Trinajstić information content (AvgIpc) is 2.45. The van der Waals surface area contributed by atoms with Crippen molar-refractivity contribution in [2.45, 2.75) is 0 Å². The number of hydrogen-bond donors (Lipinski definition) is 4. The van der Waals surface area contributed by atoms with E-state index in [-0.39, 0.29) is 22.1 Å². The van der Waals surface area contributed by atoms with E-state index in [4.69, 9.17) is 16.8 Å². The first-order valence-corrected chi connectivity index (χ1v) is 5.88. The summed E-state index contributed by atoms with van der Waals surface area (Å²) in [5.74, 6) is -0.376. The van der Waals surface area contributed by atoms with Crippen molar-refractivity contribution in [2.24, 2.45) is 5.10 Å². The molecule has 0 aliphatic heterocycles. The van der Waals surface area contributed by atoms with Crippen molar-refractivity contribution < 1.29 is 15.2 Å². The first kappa shape index (κ1) is 14.5. The number of anilines is 1. The van der Waals surface area contributed by atoms with Crippen LogP contribution in [0.15, 0.2) is 34.3 Å². The molecule has 0 radical (unpaired) electrons. The van der Waals surface area contributed by atoms with Crippen molar-refractivity contribution in [1.82, 2.24) is 10.2 Å². The fourth-order valence-electron chi connectivity index (χ4n) is 1.41. The molecule has 1 aromatic heterocycles. The molecule has 0 spiro atoms. The van der Waals surface area contributed by atoms with E-state index >= 15 is 0 Å². The smallest absolute Gasteiger partial charge is 0.358 e. The van der Waals surface area contributed by atoms with Gasteiger partial charge in [0.1, 0.15) is 10.7 Å². The molecule has 2 rings (SSSR count). The topological polar surface area (TPSA) is 131 Å². The molecule has 9 nitrogen and oxygen atoms in total. The van der Waals surface area contributed by atoms with Gasteiger partial charge in [0.25, 0.3) is 10.5 Å². The summed E-state index contributed by atoms with van der Waals surface area (Å²) >= 11 is 5.73. The Balaban J connectivity index is 2.19. The Kier molecular flexibility index (Phi) is 4.14. The fourth-order valence-corrected chi connectivity index (χ4v) is 1.55. The SMILES string of the molecule is O=c1[nH]ncc(N/N=C\c2ccc(O)c([N+](=O)O)c2)c1Cl. The van der Waals surface area contributed by atoms with Crippen LogP contribution < -0.4 is 11.0 Å². The molecule has 10 heteroatoms. The third-order valence-corrected chi connectivity index (χ3v) is 2.77. The number of hydrogen-bond acceptors (Lipinski definition) is 6. The van der Waals surface area contributed by atoms with Crippen LogP contribution in [0.4, 0.5) is 11.4 Å². The van der Waals surface area contributed by atoms with Gasteiger partial charge in [-0.2, -0.15) is 10.2 Å². The Hall–Kier alpha value is -2.94. The predicted molar refractivity (Wildman–Crippen MR) is 74.3 cm³/mol. The van der Waals surface area contributed by atoms with Crippen LogP contribution in [0.1, 0.15) is 5.56 Å². The minimum Gasteiger partial charge on any atom is -0.502 e. The molecular weight excluding hydrogens is 302 g/mol. The van der Waals surface area contributed by atoms with Gasteiger partial charge in [-0.25, -0.2) is 10.3 Å². The maximum atomic E-state index is 11.2. The zero-order valence-corrected chi connectivity index (χ0v) is 11.1. The van der Waals surface area contributed by atoms with Gasteiger partial charge in [0.05, 0.1) is 17.3 Å². The van der Waals surface area contributed by atoms with Crippen molar-refractivity contribution in [1.29, 1.82) is 0 Å². The second-order valence-corrected chi connectivity index (χ2v) is 4.20. The Labute approximate surface area is 122 Å². The number of halogens is 1. The van der Waals surface area contributed by atoms with Crippen LogP contribution in [0.2, 0.25) is 5.02 Å². The number of aromatic nitrogens is 2. The molecule has 0 saturated carbocycles. The first-order valence-electron chi connectivity index (χ1n) is 5.50. The average molecular weight is 311 g/mol. The molecule has 0 amide bonds. The summed E-state index contributed by atoms with van der Waals surface area (Å²) in [5, 5.41) is 27.5. The summed E-state index contributed by atoms with van der Waals surface area (Å²) in [6.45, 7) is 0. The van der Waals surface area contributed by atoms with Crippen molar-refractivity contribution in [3.05, 3.63) is 50.2 Å². The molecule has 21 heavy (non-hydrogen) atoms. The molecule has 0 unspecified atom stereocenters. The summed E-state index contributed by atoms with van der Waals surface area (Å²) in [6, 6.07) is 3.90. The summed E-state index contributed by atoms with van der Waals surface area (Å²) in [4.78, 5) is 21.5. The van der Waals surface area contributed by atoms with Crippen LogP contribution in [0, 0.1) is 4.91 Å². The Morgan fingerprint density at radius 1 is 1.48 bits per heavy atom. The second-order valence-electron chi connectivity index (χ2n) is 3.82. The maximum Gasteiger partial charge on any atom is 0.358 e. The van der Waals surface area contributed by atoms with E-state index in [1.165, 1.54) is 30.6 Å². The lowest BCUT2D eigenvalue weighted by molar-refractivity contribution is -0.730. The molecular formula is C11H9ClN5O4+. The number of nitrogens with one attached hydrogen (secondary N) is 2. The van der Waals surface area contributed by atoms with Crippen LogP contribution in [0.3, 0.4) is 0 Å². The normalized spacial score (nSPS) is 10.7. The molecule has 1 aromatic carbocycles. The van der Waals surface area contributed by atoms with Gasteiger partial charge in [0.15, 0.2) is 5.75 Å². The third-order valence-electron chi connectivity index (χ3n) is 2.40. The highest BCUT2D eigenvalue weighted by Gasteiger charge is 2.18. The second kappa shape index (κ2) is 6.01. The number of phenolic OH excluding ortho intramolecular Hbond substituents is 1. The van der Waals surface area contributed by atoms with Gasteiger partial charge >= 0.3 is 5.69 Å². The highest BCUT2D eigenvalue weighted by molar-refractivity contribution is 6.32. The molecule has 0 atom stereocenters. The van der Waals surface area contributed by atoms with E-state index in [1.54, 1.807) is 0 Å². The van der Waals surface area contributed by atoms with Gasteiger partial charge in [0, 0.05) is 11.6 Å². The van der Waals surface area contributed by atoms with Crippen LogP contribution in [-0.4, -0.2) is 31.6 Å². The number of benzene rings is 1. The molecule has 0 aliphatic carbocycles. The van der Waals surface area contributed by atoms with E-state index in [0.717, 1.165) is 0 Å². The van der Waals surface area contributed by atoms with Crippen LogP contribution >= 0.6 is 11.6 Å². The number of hydrazone groups is 1. The van der Waals surface area contributed by atoms with Crippen LogP contribution in [0.25, 0.3) is 0 Å². The van der Waals surface area contributed by atoms with Gasteiger partial charge in [-0.15, -0.1) is 0 Å². The van der Waals surface area contributed by atoms with E-state index in [1.807, 2.05) is 0 Å². The van der Waals surface area contributed by atoms with Crippen LogP contribution in [0.5, 0.6) is 5.75 Å². The van der Waals surface area contributed by atoms with Crippen LogP contribution in [-0.2, 0) is 0 Å². The minimum absolute atomic E-state index is 0.102. The standard InChI is InChI=1S/C11H8ClN5O4/c12-10-7(5-14-16-11(10)19)15-13-4-6-1-2-9(18)8(3-6)17(20)21/h1-5H,(H3-,13,14,15,16,18,19,20,21)/p+1. The summed E-state index contributed by atoms with van der Waals surface area (Å²) in [7, 11) is 0. The van der Waals surface area contributed by atoms with Crippen molar-refractivity contribution in [3.63, 3.8) is 0 Å². The Morgan fingerprint density at radius 3 is 2.95 bits per heavy atom. The zero-order valence-electron chi connectivity index (χ0n) is 10.3. The highest BCUT2D eigenvalue weighted by Crippen LogP contribution is 2.25. The summed E-state index contributed by atoms with van der Waals surface area (Å²) in [6.07, 6.45) is 2.57. The largest absolute Gasteiger partial charge is 0.502 e. The zero-order chi connectivity index (χ0) is 15.4. The molecule has 2 aromatic rings. The van der Waals surface area contributed by atoms with Gasteiger partial charge in [-0.3, -0.25) is 10.2 Å². The molecule has 108 valence electrons. The third kappa shape index (κ3) is 3.34. The molecule has 0 fully saturated rings. The molecule has 0 aliphatic rings. The predicted octanol–water partition coefficient (Wildman–Crippen LogP) is 1.37. The molecule has 0 bridgehead atoms. The van der Waals surface area contributed by atoms with Crippen molar-refractivity contribution in [3.8, 4) is 5.75 Å². The summed E-state index contributed by atoms with van der Waals surface area (Å²) < 4.78 is 0. The van der Waals surface area contributed by atoms with Gasteiger partial charge in [-0.1, -0.05) is 11.6 Å². The van der Waals surface area contributed by atoms with Crippen molar-refractivity contribution >= 4 is 29.2 Å². The molecule has 0 saturated heterocycles. The number of nitrogens with zero attached hydrogens (tertiary/aromatic N) is 3. The number of rotatable bonds is 4. The van der Waals surface area contributed by atoms with E-state index in [9.17, 15) is 14.8 Å².